The van der Waals surface area contributed by atoms with E-state index in [1.165, 1.54) is 20.3 Å². The number of methoxy groups -OCH3 is 2. The van der Waals surface area contributed by atoms with Crippen molar-refractivity contribution in [3.8, 4) is 11.6 Å². The van der Waals surface area contributed by atoms with E-state index in [0.717, 1.165) is 6.07 Å². The molecule has 8 nitrogen and oxygen atoms in total. The average Bonchev–Trinajstić information content (AvgIpc) is 2.54. The summed E-state index contributed by atoms with van der Waals surface area (Å²) < 4.78 is 34.8. The molecule has 1 heterocycles. The second-order valence-electron chi connectivity index (χ2n) is 4.54. The van der Waals surface area contributed by atoms with E-state index >= 15 is 0 Å². The van der Waals surface area contributed by atoms with Crippen molar-refractivity contribution in [2.45, 2.75) is 10.8 Å². The molecule has 0 spiro atoms. The first-order chi connectivity index (χ1) is 10.9. The fourth-order valence-corrected chi connectivity index (χ4v) is 3.37. The molecule has 0 N–H and O–H groups in total. The van der Waals surface area contributed by atoms with Crippen molar-refractivity contribution < 1.29 is 22.8 Å². The minimum absolute atomic E-state index is 0.0103. The van der Waals surface area contributed by atoms with Crippen LogP contribution in [0, 0.1) is 10.1 Å². The van der Waals surface area contributed by atoms with Gasteiger partial charge in [-0.25, -0.2) is 8.42 Å². The number of aromatic nitrogens is 1. The maximum atomic E-state index is 12.5. The van der Waals surface area contributed by atoms with Crippen LogP contribution in [0.2, 0.25) is 0 Å². The molecule has 9 heteroatoms. The van der Waals surface area contributed by atoms with Crippen molar-refractivity contribution in [1.29, 1.82) is 0 Å². The Morgan fingerprint density at radius 2 is 1.74 bits per heavy atom. The molecule has 0 radical (unpaired) electrons. The molecular weight excluding hydrogens is 324 g/mol. The van der Waals surface area contributed by atoms with Crippen LogP contribution in [0.15, 0.2) is 41.4 Å². The largest absolute Gasteiger partial charge is 0.497 e. The molecule has 0 aliphatic rings. The van der Waals surface area contributed by atoms with Crippen LogP contribution in [0.1, 0.15) is 5.56 Å². The highest BCUT2D eigenvalue weighted by atomic mass is 32.2. The third kappa shape index (κ3) is 3.75. The fourth-order valence-electron chi connectivity index (χ4n) is 1.91. The Labute approximate surface area is 132 Å². The summed E-state index contributed by atoms with van der Waals surface area (Å²) in [6, 6.07) is 8.67. The number of ether oxygens (including phenoxy) is 2. The summed E-state index contributed by atoms with van der Waals surface area (Å²) in [6.07, 6.45) is 0. The van der Waals surface area contributed by atoms with E-state index in [0.29, 0.717) is 11.3 Å². The molecule has 1 aromatic carbocycles. The minimum atomic E-state index is -4.01. The van der Waals surface area contributed by atoms with Gasteiger partial charge in [-0.1, -0.05) is 12.1 Å². The predicted molar refractivity (Wildman–Crippen MR) is 81.3 cm³/mol. The van der Waals surface area contributed by atoms with Gasteiger partial charge in [-0.2, -0.15) is 4.98 Å². The van der Waals surface area contributed by atoms with Gasteiger partial charge < -0.3 is 9.47 Å². The lowest BCUT2D eigenvalue weighted by atomic mass is 10.2. The van der Waals surface area contributed by atoms with E-state index < -0.39 is 31.2 Å². The van der Waals surface area contributed by atoms with Crippen molar-refractivity contribution in [1.82, 2.24) is 4.98 Å². The van der Waals surface area contributed by atoms with Crippen molar-refractivity contribution in [2.75, 3.05) is 14.2 Å². The quantitative estimate of drug-likeness (QED) is 0.585. The molecule has 0 amide bonds. The van der Waals surface area contributed by atoms with Crippen molar-refractivity contribution in [2.24, 2.45) is 0 Å². The van der Waals surface area contributed by atoms with Gasteiger partial charge in [0.15, 0.2) is 0 Å². The highest BCUT2D eigenvalue weighted by molar-refractivity contribution is 7.90. The summed E-state index contributed by atoms with van der Waals surface area (Å²) in [5, 5.41) is 10.4. The van der Waals surface area contributed by atoms with Crippen LogP contribution in [0.3, 0.4) is 0 Å². The predicted octanol–water partition coefficient (Wildman–Crippen LogP) is 1.98. The van der Waals surface area contributed by atoms with Crippen molar-refractivity contribution in [3.05, 3.63) is 52.1 Å². The molecule has 0 fully saturated rings. The zero-order valence-corrected chi connectivity index (χ0v) is 13.2. The van der Waals surface area contributed by atoms with Gasteiger partial charge in [-0.15, -0.1) is 0 Å². The van der Waals surface area contributed by atoms with Crippen LogP contribution in [0.5, 0.6) is 11.6 Å². The standard InChI is InChI=1S/C14H14N2O6S/c1-21-11-5-3-10(4-6-11)9-23(19,20)14-12(16(17)18)7-8-13(15-14)22-2/h3-8H,9H2,1-2H3. The van der Waals surface area contributed by atoms with Gasteiger partial charge in [0.05, 0.1) is 24.9 Å². The molecule has 2 aromatic rings. The lowest BCUT2D eigenvalue weighted by molar-refractivity contribution is -0.388. The molecule has 0 saturated carbocycles. The molecule has 0 bridgehead atoms. The Balaban J connectivity index is 2.43. The number of pyridine rings is 1. The van der Waals surface area contributed by atoms with E-state index in [9.17, 15) is 18.5 Å². The van der Waals surface area contributed by atoms with Crippen molar-refractivity contribution >= 4 is 15.5 Å². The van der Waals surface area contributed by atoms with Crippen LogP contribution in [-0.2, 0) is 15.6 Å². The summed E-state index contributed by atoms with van der Waals surface area (Å²) in [7, 11) is -1.22. The van der Waals surface area contributed by atoms with Gasteiger partial charge in [-0.3, -0.25) is 10.1 Å². The van der Waals surface area contributed by atoms with Crippen LogP contribution in [0.25, 0.3) is 0 Å². The number of benzene rings is 1. The Hall–Kier alpha value is -2.68. The first-order valence-corrected chi connectivity index (χ1v) is 8.07. The normalized spacial score (nSPS) is 11.0. The second-order valence-corrected chi connectivity index (χ2v) is 6.45. The van der Waals surface area contributed by atoms with E-state index in [1.807, 2.05) is 0 Å². The first kappa shape index (κ1) is 16.7. The van der Waals surface area contributed by atoms with E-state index in [-0.39, 0.29) is 5.88 Å². The lowest BCUT2D eigenvalue weighted by Crippen LogP contribution is -2.11. The first-order valence-electron chi connectivity index (χ1n) is 6.42. The summed E-state index contributed by atoms with van der Waals surface area (Å²) >= 11 is 0. The summed E-state index contributed by atoms with van der Waals surface area (Å²) in [5.74, 6) is 0.151. The number of nitro groups is 1. The summed E-state index contributed by atoms with van der Waals surface area (Å²) in [6.45, 7) is 0. The maximum absolute atomic E-state index is 12.5. The van der Waals surface area contributed by atoms with Gasteiger partial charge in [0.1, 0.15) is 5.75 Å². The van der Waals surface area contributed by atoms with Gasteiger partial charge in [0.2, 0.25) is 20.7 Å². The number of rotatable bonds is 6. The average molecular weight is 338 g/mol. The SMILES string of the molecule is COc1ccc(CS(=O)(=O)c2nc(OC)ccc2[N+](=O)[O-])cc1. The lowest BCUT2D eigenvalue weighted by Gasteiger charge is -2.07. The number of hydrogen-bond donors (Lipinski definition) is 0. The Morgan fingerprint density at radius 1 is 1.09 bits per heavy atom. The molecule has 0 aliphatic carbocycles. The van der Waals surface area contributed by atoms with Crippen LogP contribution >= 0.6 is 0 Å². The Morgan fingerprint density at radius 3 is 2.26 bits per heavy atom. The van der Waals surface area contributed by atoms with Gasteiger partial charge in [0.25, 0.3) is 0 Å². The highest BCUT2D eigenvalue weighted by Crippen LogP contribution is 2.27. The smallest absolute Gasteiger partial charge is 0.306 e. The number of nitrogens with zero attached hydrogens (tertiary/aromatic N) is 2. The van der Waals surface area contributed by atoms with Crippen LogP contribution in [0.4, 0.5) is 5.69 Å². The molecule has 2 rings (SSSR count). The molecule has 23 heavy (non-hydrogen) atoms. The minimum Gasteiger partial charge on any atom is -0.497 e. The zero-order chi connectivity index (χ0) is 17.0. The molecule has 0 saturated heterocycles. The van der Waals surface area contributed by atoms with E-state index in [1.54, 1.807) is 24.3 Å². The zero-order valence-electron chi connectivity index (χ0n) is 12.4. The molecule has 1 aromatic heterocycles. The Kier molecular flexibility index (Phi) is 4.80. The monoisotopic (exact) mass is 338 g/mol. The van der Waals surface area contributed by atoms with E-state index in [4.69, 9.17) is 9.47 Å². The molecule has 0 unspecified atom stereocenters. The third-order valence-electron chi connectivity index (χ3n) is 3.03. The third-order valence-corrected chi connectivity index (χ3v) is 4.63. The van der Waals surface area contributed by atoms with Gasteiger partial charge >= 0.3 is 5.69 Å². The maximum Gasteiger partial charge on any atom is 0.306 e. The molecular formula is C14H14N2O6S. The summed E-state index contributed by atoms with van der Waals surface area (Å²) in [4.78, 5) is 14.0. The van der Waals surface area contributed by atoms with E-state index in [2.05, 4.69) is 4.98 Å². The number of sulfone groups is 1. The second kappa shape index (κ2) is 6.61. The molecule has 0 aliphatic heterocycles. The number of hydrogen-bond acceptors (Lipinski definition) is 7. The molecule has 0 atom stereocenters. The van der Waals surface area contributed by atoms with Crippen LogP contribution in [-0.4, -0.2) is 32.5 Å². The summed E-state index contributed by atoms with van der Waals surface area (Å²) in [5.41, 5.74) is -0.121. The topological polar surface area (TPSA) is 109 Å². The molecule has 122 valence electrons. The Bertz CT molecular complexity index is 818. The van der Waals surface area contributed by atoms with Crippen LogP contribution < -0.4 is 9.47 Å². The van der Waals surface area contributed by atoms with Crippen molar-refractivity contribution in [3.63, 3.8) is 0 Å². The van der Waals surface area contributed by atoms with Gasteiger partial charge in [-0.05, 0) is 17.7 Å². The highest BCUT2D eigenvalue weighted by Gasteiger charge is 2.28. The van der Waals surface area contributed by atoms with Gasteiger partial charge in [0, 0.05) is 12.1 Å². The fraction of sp³-hybridized carbons (Fsp3) is 0.214.